The average Bonchev–Trinajstić information content (AvgIpc) is 3.32. The lowest BCUT2D eigenvalue weighted by atomic mass is 10.1. The molecule has 2 aliphatic rings. The highest BCUT2D eigenvalue weighted by Crippen LogP contribution is 2.21. The summed E-state index contributed by atoms with van der Waals surface area (Å²) in [6.07, 6.45) is 2.24. The lowest BCUT2D eigenvalue weighted by Gasteiger charge is -2.27. The van der Waals surface area contributed by atoms with Crippen LogP contribution in [0.15, 0.2) is 48.5 Å². The van der Waals surface area contributed by atoms with Gasteiger partial charge in [-0.1, -0.05) is 12.1 Å². The van der Waals surface area contributed by atoms with E-state index in [0.717, 1.165) is 19.4 Å². The van der Waals surface area contributed by atoms with Crippen molar-refractivity contribution in [3.05, 3.63) is 59.7 Å². The molecule has 2 fully saturated rings. The molecule has 7 nitrogen and oxygen atoms in total. The minimum atomic E-state index is -0.275. The molecule has 30 heavy (non-hydrogen) atoms. The molecule has 4 rings (SSSR count). The Hall–Kier alpha value is -2.90. The topological polar surface area (TPSA) is 77.1 Å². The number of carbonyl (C=O) groups is 2. The predicted molar refractivity (Wildman–Crippen MR) is 112 cm³/mol. The Morgan fingerprint density at radius 2 is 1.80 bits per heavy atom. The SMILES string of the molecule is O=C(Nc1ccccc1C(=O)N1CCOCC1)c1ccc(OCC2CCCO2)cc1. The van der Waals surface area contributed by atoms with Crippen LogP contribution in [0, 0.1) is 0 Å². The van der Waals surface area contributed by atoms with Crippen LogP contribution in [0.1, 0.15) is 33.6 Å². The second-order valence-corrected chi connectivity index (χ2v) is 7.37. The molecule has 0 spiro atoms. The van der Waals surface area contributed by atoms with E-state index >= 15 is 0 Å². The van der Waals surface area contributed by atoms with Gasteiger partial charge in [0.2, 0.25) is 0 Å². The van der Waals surface area contributed by atoms with Crippen LogP contribution in [-0.2, 0) is 9.47 Å². The molecule has 0 aromatic heterocycles. The van der Waals surface area contributed by atoms with Crippen molar-refractivity contribution in [2.24, 2.45) is 0 Å². The number of carbonyl (C=O) groups excluding carboxylic acids is 2. The van der Waals surface area contributed by atoms with Gasteiger partial charge in [0.25, 0.3) is 11.8 Å². The van der Waals surface area contributed by atoms with Gasteiger partial charge >= 0.3 is 0 Å². The van der Waals surface area contributed by atoms with Gasteiger partial charge in [-0.05, 0) is 49.2 Å². The van der Waals surface area contributed by atoms with Crippen LogP contribution >= 0.6 is 0 Å². The van der Waals surface area contributed by atoms with Crippen molar-refractivity contribution in [2.75, 3.05) is 44.8 Å². The number of benzene rings is 2. The van der Waals surface area contributed by atoms with Gasteiger partial charge in [-0.3, -0.25) is 9.59 Å². The molecule has 2 aliphatic heterocycles. The second-order valence-electron chi connectivity index (χ2n) is 7.37. The molecule has 0 saturated carbocycles. The monoisotopic (exact) mass is 410 g/mol. The molecule has 2 aromatic rings. The number of hydrogen-bond acceptors (Lipinski definition) is 5. The van der Waals surface area contributed by atoms with Crippen molar-refractivity contribution in [1.29, 1.82) is 0 Å². The molecule has 1 atom stereocenters. The zero-order valence-corrected chi connectivity index (χ0v) is 16.8. The highest BCUT2D eigenvalue weighted by molar-refractivity contribution is 6.09. The number of nitrogens with one attached hydrogen (secondary N) is 1. The Balaban J connectivity index is 1.39. The molecular formula is C23H26N2O5. The van der Waals surface area contributed by atoms with Crippen molar-refractivity contribution in [2.45, 2.75) is 18.9 Å². The molecule has 1 unspecified atom stereocenters. The first-order valence-electron chi connectivity index (χ1n) is 10.3. The first kappa shape index (κ1) is 20.4. The van der Waals surface area contributed by atoms with Crippen LogP contribution in [0.5, 0.6) is 5.75 Å². The van der Waals surface area contributed by atoms with Gasteiger partial charge in [-0.15, -0.1) is 0 Å². The van der Waals surface area contributed by atoms with E-state index in [2.05, 4.69) is 5.32 Å². The lowest BCUT2D eigenvalue weighted by Crippen LogP contribution is -2.41. The maximum absolute atomic E-state index is 12.9. The highest BCUT2D eigenvalue weighted by Gasteiger charge is 2.22. The number of rotatable bonds is 6. The predicted octanol–water partition coefficient (Wildman–Crippen LogP) is 2.97. The molecule has 2 amide bonds. The summed E-state index contributed by atoms with van der Waals surface area (Å²) in [7, 11) is 0. The smallest absolute Gasteiger partial charge is 0.256 e. The Morgan fingerprint density at radius 1 is 1.03 bits per heavy atom. The van der Waals surface area contributed by atoms with Gasteiger partial charge in [0.1, 0.15) is 12.4 Å². The van der Waals surface area contributed by atoms with Gasteiger partial charge in [0.05, 0.1) is 30.6 Å². The molecule has 7 heteroatoms. The van der Waals surface area contributed by atoms with Crippen LogP contribution in [-0.4, -0.2) is 62.3 Å². The maximum atomic E-state index is 12.9. The second kappa shape index (κ2) is 9.73. The molecular weight excluding hydrogens is 384 g/mol. The van der Waals surface area contributed by atoms with E-state index in [-0.39, 0.29) is 17.9 Å². The van der Waals surface area contributed by atoms with Gasteiger partial charge in [0, 0.05) is 25.3 Å². The Morgan fingerprint density at radius 3 is 2.53 bits per heavy atom. The molecule has 1 N–H and O–H groups in total. The van der Waals surface area contributed by atoms with Gasteiger partial charge in [0.15, 0.2) is 0 Å². The van der Waals surface area contributed by atoms with E-state index in [1.807, 2.05) is 0 Å². The number of amides is 2. The zero-order valence-electron chi connectivity index (χ0n) is 16.8. The van der Waals surface area contributed by atoms with Gasteiger partial charge in [-0.25, -0.2) is 0 Å². The van der Waals surface area contributed by atoms with Gasteiger partial charge < -0.3 is 24.4 Å². The fourth-order valence-corrected chi connectivity index (χ4v) is 3.58. The van der Waals surface area contributed by atoms with Crippen molar-refractivity contribution in [3.8, 4) is 5.75 Å². The van der Waals surface area contributed by atoms with E-state index in [0.29, 0.717) is 55.5 Å². The Labute approximate surface area is 175 Å². The summed E-state index contributed by atoms with van der Waals surface area (Å²) in [4.78, 5) is 27.3. The molecule has 0 radical (unpaired) electrons. The average molecular weight is 410 g/mol. The van der Waals surface area contributed by atoms with Crippen molar-refractivity contribution in [1.82, 2.24) is 4.90 Å². The number of para-hydroxylation sites is 1. The standard InChI is InChI=1S/C23H26N2O5/c26-22(17-7-9-18(10-8-17)30-16-19-4-3-13-29-19)24-21-6-2-1-5-20(21)23(27)25-11-14-28-15-12-25/h1-2,5-10,19H,3-4,11-16H2,(H,24,26). The molecule has 2 heterocycles. The van der Waals surface area contributed by atoms with Crippen LogP contribution in [0.3, 0.4) is 0 Å². The number of nitrogens with zero attached hydrogens (tertiary/aromatic N) is 1. The van der Waals surface area contributed by atoms with E-state index in [1.54, 1.807) is 53.4 Å². The number of anilines is 1. The maximum Gasteiger partial charge on any atom is 0.256 e. The van der Waals surface area contributed by atoms with E-state index in [9.17, 15) is 9.59 Å². The summed E-state index contributed by atoms with van der Waals surface area (Å²) < 4.78 is 16.6. The van der Waals surface area contributed by atoms with Crippen molar-refractivity contribution < 1.29 is 23.8 Å². The molecule has 2 saturated heterocycles. The van der Waals surface area contributed by atoms with Crippen LogP contribution in [0.25, 0.3) is 0 Å². The Bertz CT molecular complexity index is 871. The third-order valence-electron chi connectivity index (χ3n) is 5.28. The van der Waals surface area contributed by atoms with E-state index in [1.165, 1.54) is 0 Å². The quantitative estimate of drug-likeness (QED) is 0.792. The molecule has 158 valence electrons. The van der Waals surface area contributed by atoms with E-state index in [4.69, 9.17) is 14.2 Å². The minimum Gasteiger partial charge on any atom is -0.491 e. The number of morpholine rings is 1. The number of hydrogen-bond donors (Lipinski definition) is 1. The first-order valence-corrected chi connectivity index (χ1v) is 10.3. The summed E-state index contributed by atoms with van der Waals surface area (Å²) in [5, 5.41) is 2.86. The first-order chi connectivity index (χ1) is 14.7. The fourth-order valence-electron chi connectivity index (χ4n) is 3.58. The largest absolute Gasteiger partial charge is 0.491 e. The lowest BCUT2D eigenvalue weighted by molar-refractivity contribution is 0.0303. The van der Waals surface area contributed by atoms with E-state index < -0.39 is 0 Å². The number of ether oxygens (including phenoxy) is 3. The third kappa shape index (κ3) is 4.98. The minimum absolute atomic E-state index is 0.105. The van der Waals surface area contributed by atoms with Crippen LogP contribution in [0.2, 0.25) is 0 Å². The summed E-state index contributed by atoms with van der Waals surface area (Å²) >= 11 is 0. The van der Waals surface area contributed by atoms with Gasteiger partial charge in [-0.2, -0.15) is 0 Å². The normalized spacial score (nSPS) is 18.8. The van der Waals surface area contributed by atoms with Crippen LogP contribution in [0.4, 0.5) is 5.69 Å². The fraction of sp³-hybridized carbons (Fsp3) is 0.391. The van der Waals surface area contributed by atoms with Crippen LogP contribution < -0.4 is 10.1 Å². The summed E-state index contributed by atoms with van der Waals surface area (Å²) in [6, 6.07) is 14.0. The summed E-state index contributed by atoms with van der Waals surface area (Å²) in [6.45, 7) is 3.47. The molecule has 0 bridgehead atoms. The highest BCUT2D eigenvalue weighted by atomic mass is 16.5. The van der Waals surface area contributed by atoms with Crippen molar-refractivity contribution >= 4 is 17.5 Å². The third-order valence-corrected chi connectivity index (χ3v) is 5.28. The Kier molecular flexibility index (Phi) is 6.61. The molecule has 0 aliphatic carbocycles. The summed E-state index contributed by atoms with van der Waals surface area (Å²) in [5.41, 5.74) is 1.47. The molecule has 2 aromatic carbocycles. The zero-order chi connectivity index (χ0) is 20.8. The van der Waals surface area contributed by atoms with Crippen molar-refractivity contribution in [3.63, 3.8) is 0 Å². The summed E-state index contributed by atoms with van der Waals surface area (Å²) in [5.74, 6) is 0.319.